The lowest BCUT2D eigenvalue weighted by Gasteiger charge is -2.41. The fourth-order valence-electron chi connectivity index (χ4n) is 2.75. The molecule has 1 aliphatic heterocycles. The predicted molar refractivity (Wildman–Crippen MR) is 76.0 cm³/mol. The van der Waals surface area contributed by atoms with Crippen LogP contribution in [0.2, 0.25) is 0 Å². The Hall–Kier alpha value is -0.840. The number of methoxy groups -OCH3 is 1. The Morgan fingerprint density at radius 3 is 2.74 bits per heavy atom. The minimum atomic E-state index is 0.552. The topological polar surface area (TPSA) is 28.9 Å². The van der Waals surface area contributed by atoms with Crippen molar-refractivity contribution < 1.29 is 9.15 Å². The summed E-state index contributed by atoms with van der Waals surface area (Å²) in [5, 5.41) is 0. The number of hydrogen-bond donors (Lipinski definition) is 0. The molecule has 0 aromatic carbocycles. The molecule has 1 saturated heterocycles. The van der Waals surface area contributed by atoms with E-state index >= 15 is 0 Å². The number of hydrogen-bond acceptors (Lipinski definition) is 4. The minimum Gasteiger partial charge on any atom is -0.462 e. The molecule has 1 aromatic heterocycles. The normalized spacial score (nSPS) is 22.3. The highest BCUT2D eigenvalue weighted by atomic mass is 16.5. The highest BCUT2D eigenvalue weighted by molar-refractivity contribution is 5.07. The van der Waals surface area contributed by atoms with Crippen LogP contribution in [0.3, 0.4) is 0 Å². The molecule has 1 aromatic rings. The van der Waals surface area contributed by atoms with Crippen LogP contribution in [0.4, 0.5) is 0 Å². The van der Waals surface area contributed by atoms with Crippen molar-refractivity contribution in [2.24, 2.45) is 5.92 Å². The third kappa shape index (κ3) is 3.81. The third-order valence-corrected chi connectivity index (χ3v) is 3.87. The second-order valence-electron chi connectivity index (χ2n) is 5.85. The van der Waals surface area contributed by atoms with Gasteiger partial charge >= 0.3 is 0 Å². The summed E-state index contributed by atoms with van der Waals surface area (Å²) in [4.78, 5) is 4.96. The van der Waals surface area contributed by atoms with Gasteiger partial charge < -0.3 is 14.1 Å². The second kappa shape index (κ2) is 6.55. The highest BCUT2D eigenvalue weighted by Gasteiger charge is 2.28. The Kier molecular flexibility index (Phi) is 5.02. The van der Waals surface area contributed by atoms with E-state index in [1.54, 1.807) is 7.11 Å². The van der Waals surface area contributed by atoms with E-state index < -0.39 is 0 Å². The highest BCUT2D eigenvalue weighted by Crippen LogP contribution is 2.20. The number of nitrogens with zero attached hydrogens (tertiary/aromatic N) is 2. The molecule has 2 heterocycles. The first-order valence-corrected chi connectivity index (χ1v) is 7.09. The summed E-state index contributed by atoms with van der Waals surface area (Å²) in [5.41, 5.74) is 0. The molecule has 1 atom stereocenters. The molecule has 0 amide bonds. The Bertz CT molecular complexity index is 389. The van der Waals surface area contributed by atoms with Gasteiger partial charge in [0.2, 0.25) is 0 Å². The van der Waals surface area contributed by atoms with E-state index in [4.69, 9.17) is 9.15 Å². The number of likely N-dealkylation sites (N-methyl/N-ethyl adjacent to an activating group) is 1. The van der Waals surface area contributed by atoms with Crippen molar-refractivity contribution in [1.29, 1.82) is 0 Å². The lowest BCUT2D eigenvalue weighted by Crippen LogP contribution is -2.53. The summed E-state index contributed by atoms with van der Waals surface area (Å²) in [7, 11) is 3.90. The van der Waals surface area contributed by atoms with Gasteiger partial charge in [0.1, 0.15) is 18.1 Å². The molecule has 2 rings (SSSR count). The van der Waals surface area contributed by atoms with Gasteiger partial charge in [0, 0.05) is 32.8 Å². The number of ether oxygens (including phenoxy) is 1. The summed E-state index contributed by atoms with van der Waals surface area (Å²) in [5.74, 6) is 2.62. The Balaban J connectivity index is 1.99. The molecule has 0 aliphatic carbocycles. The van der Waals surface area contributed by atoms with Crippen molar-refractivity contribution in [3.8, 4) is 0 Å². The van der Waals surface area contributed by atoms with Crippen LogP contribution in [0.1, 0.15) is 25.4 Å². The fourth-order valence-corrected chi connectivity index (χ4v) is 2.75. The maximum atomic E-state index is 5.80. The van der Waals surface area contributed by atoms with E-state index in [0.717, 1.165) is 37.7 Å². The van der Waals surface area contributed by atoms with E-state index in [0.29, 0.717) is 18.6 Å². The molecule has 1 unspecified atom stereocenters. The average Bonchev–Trinajstić information content (AvgIpc) is 2.79. The molecule has 0 spiro atoms. The van der Waals surface area contributed by atoms with Crippen molar-refractivity contribution in [2.45, 2.75) is 33.0 Å². The molecule has 0 saturated carbocycles. The smallest absolute Gasteiger partial charge is 0.129 e. The standard InChI is InChI=1S/C15H26N2O2/c1-12(2)15-10-16(3)7-8-17(15)9-13-5-6-14(19-13)11-18-4/h5-6,12,15H,7-11H2,1-4H3. The number of furan rings is 1. The average molecular weight is 266 g/mol. The molecule has 108 valence electrons. The van der Waals surface area contributed by atoms with Gasteiger partial charge in [-0.05, 0) is 25.1 Å². The predicted octanol–water partition coefficient (Wildman–Crippen LogP) is 2.20. The Morgan fingerprint density at radius 2 is 2.05 bits per heavy atom. The molecule has 1 fully saturated rings. The van der Waals surface area contributed by atoms with Crippen molar-refractivity contribution in [3.63, 3.8) is 0 Å². The summed E-state index contributed by atoms with van der Waals surface area (Å²) in [6, 6.07) is 4.69. The van der Waals surface area contributed by atoms with E-state index in [2.05, 4.69) is 36.8 Å². The van der Waals surface area contributed by atoms with E-state index in [9.17, 15) is 0 Å². The first-order chi connectivity index (χ1) is 9.10. The molecule has 19 heavy (non-hydrogen) atoms. The van der Waals surface area contributed by atoms with Gasteiger partial charge in [-0.25, -0.2) is 0 Å². The zero-order valence-corrected chi connectivity index (χ0v) is 12.6. The summed E-state index contributed by atoms with van der Waals surface area (Å²) in [6.45, 7) is 9.44. The molecule has 0 bridgehead atoms. The quantitative estimate of drug-likeness (QED) is 0.817. The first kappa shape index (κ1) is 14.6. The summed E-state index contributed by atoms with van der Waals surface area (Å²) in [6.07, 6.45) is 0. The Morgan fingerprint density at radius 1 is 1.32 bits per heavy atom. The summed E-state index contributed by atoms with van der Waals surface area (Å²) >= 11 is 0. The van der Waals surface area contributed by atoms with Crippen molar-refractivity contribution >= 4 is 0 Å². The second-order valence-corrected chi connectivity index (χ2v) is 5.85. The molecule has 1 aliphatic rings. The number of piperazine rings is 1. The van der Waals surface area contributed by atoms with Crippen molar-refractivity contribution in [1.82, 2.24) is 9.80 Å². The lowest BCUT2D eigenvalue weighted by atomic mass is 9.99. The molecular formula is C15H26N2O2. The van der Waals surface area contributed by atoms with Crippen molar-refractivity contribution in [3.05, 3.63) is 23.7 Å². The van der Waals surface area contributed by atoms with Crippen LogP contribution in [-0.2, 0) is 17.9 Å². The molecule has 4 nitrogen and oxygen atoms in total. The van der Waals surface area contributed by atoms with Crippen LogP contribution in [0.15, 0.2) is 16.5 Å². The lowest BCUT2D eigenvalue weighted by molar-refractivity contribution is 0.0509. The van der Waals surface area contributed by atoms with E-state index in [-0.39, 0.29) is 0 Å². The first-order valence-electron chi connectivity index (χ1n) is 7.09. The van der Waals surface area contributed by atoms with Crippen LogP contribution in [0, 0.1) is 5.92 Å². The Labute approximate surface area is 116 Å². The van der Waals surface area contributed by atoms with Crippen molar-refractivity contribution in [2.75, 3.05) is 33.8 Å². The van der Waals surface area contributed by atoms with Crippen LogP contribution in [0.25, 0.3) is 0 Å². The fraction of sp³-hybridized carbons (Fsp3) is 0.733. The zero-order chi connectivity index (χ0) is 13.8. The van der Waals surface area contributed by atoms with Gasteiger partial charge in [-0.2, -0.15) is 0 Å². The van der Waals surface area contributed by atoms with Gasteiger partial charge in [0.15, 0.2) is 0 Å². The molecular weight excluding hydrogens is 240 g/mol. The molecule has 0 radical (unpaired) electrons. The van der Waals surface area contributed by atoms with Crippen LogP contribution < -0.4 is 0 Å². The maximum Gasteiger partial charge on any atom is 0.129 e. The van der Waals surface area contributed by atoms with Gasteiger partial charge in [-0.15, -0.1) is 0 Å². The zero-order valence-electron chi connectivity index (χ0n) is 12.6. The minimum absolute atomic E-state index is 0.552. The maximum absolute atomic E-state index is 5.80. The van der Waals surface area contributed by atoms with Crippen LogP contribution in [0.5, 0.6) is 0 Å². The largest absolute Gasteiger partial charge is 0.462 e. The monoisotopic (exact) mass is 266 g/mol. The van der Waals surface area contributed by atoms with E-state index in [1.165, 1.54) is 0 Å². The van der Waals surface area contributed by atoms with Gasteiger partial charge in [-0.3, -0.25) is 4.90 Å². The number of rotatable bonds is 5. The van der Waals surface area contributed by atoms with Gasteiger partial charge in [-0.1, -0.05) is 13.8 Å². The van der Waals surface area contributed by atoms with E-state index in [1.807, 2.05) is 6.07 Å². The summed E-state index contributed by atoms with van der Waals surface area (Å²) < 4.78 is 10.9. The molecule has 0 N–H and O–H groups in total. The third-order valence-electron chi connectivity index (χ3n) is 3.87. The van der Waals surface area contributed by atoms with Crippen LogP contribution in [-0.4, -0.2) is 49.6 Å². The SMILES string of the molecule is COCc1ccc(CN2CCN(C)CC2C(C)C)o1. The van der Waals surface area contributed by atoms with Gasteiger partial charge in [0.25, 0.3) is 0 Å². The van der Waals surface area contributed by atoms with Gasteiger partial charge in [0.05, 0.1) is 6.54 Å². The van der Waals surface area contributed by atoms with Crippen LogP contribution >= 0.6 is 0 Å². The molecule has 4 heteroatoms.